The first kappa shape index (κ1) is 29.6. The molecule has 53 heavy (non-hydrogen) atoms. The third-order valence-corrected chi connectivity index (χ3v) is 10.8. The maximum atomic E-state index is 6.52. The number of furan rings is 1. The molecule has 0 saturated carbocycles. The number of anilines is 3. The molecule has 0 atom stereocenters. The Balaban J connectivity index is 1.05. The predicted octanol–water partition coefficient (Wildman–Crippen LogP) is 14.1. The van der Waals surface area contributed by atoms with Gasteiger partial charge in [-0.1, -0.05) is 127 Å². The average Bonchev–Trinajstić information content (AvgIpc) is 3.78. The highest BCUT2D eigenvalue weighted by atomic mass is 16.3. The fraction of sp³-hybridized carbons (Fsp3) is 0. The minimum absolute atomic E-state index is 0.902. The average molecular weight is 677 g/mol. The molecular formula is C50H32N2O. The van der Waals surface area contributed by atoms with Gasteiger partial charge >= 0.3 is 0 Å². The maximum absolute atomic E-state index is 6.52. The summed E-state index contributed by atoms with van der Waals surface area (Å²) in [6.07, 6.45) is 0. The van der Waals surface area contributed by atoms with Crippen molar-refractivity contribution in [1.29, 1.82) is 0 Å². The van der Waals surface area contributed by atoms with Crippen LogP contribution in [-0.4, -0.2) is 4.57 Å². The summed E-state index contributed by atoms with van der Waals surface area (Å²) in [7, 11) is 0. The van der Waals surface area contributed by atoms with E-state index in [9.17, 15) is 0 Å². The van der Waals surface area contributed by atoms with E-state index in [4.69, 9.17) is 4.42 Å². The number of hydrogen-bond donors (Lipinski definition) is 0. The molecule has 0 bridgehead atoms. The lowest BCUT2D eigenvalue weighted by atomic mass is 9.98. The standard InChI is InChI=1S/C50H32N2O/c1-3-14-39-33(11-1)13-9-21-45(39)51(37-28-30-38(31-29-37)52-46-19-7-5-16-42(46)43-17-6-8-20-47(43)52)36-26-23-35(24-27-36)40-18-10-22-48-49(40)44-32-25-34-12-2-4-15-41(34)50(44)53-48/h1-32H. The van der Waals surface area contributed by atoms with E-state index in [2.05, 4.69) is 204 Å². The number of fused-ring (bicyclic) bond motifs is 9. The minimum Gasteiger partial charge on any atom is -0.455 e. The Labute approximate surface area is 306 Å². The molecule has 0 aliphatic carbocycles. The van der Waals surface area contributed by atoms with Crippen LogP contribution in [0.5, 0.6) is 0 Å². The third kappa shape index (κ3) is 4.61. The molecule has 0 saturated heterocycles. The number of nitrogens with zero attached hydrogens (tertiary/aromatic N) is 2. The molecule has 0 aliphatic heterocycles. The Hall–Kier alpha value is -7.10. The Bertz CT molecular complexity index is 3110. The molecule has 0 fully saturated rings. The second-order valence-electron chi connectivity index (χ2n) is 13.7. The van der Waals surface area contributed by atoms with Crippen LogP contribution in [0.3, 0.4) is 0 Å². The van der Waals surface area contributed by atoms with E-state index in [1.807, 2.05) is 0 Å². The molecular weight excluding hydrogens is 645 g/mol. The van der Waals surface area contributed by atoms with Crippen molar-refractivity contribution < 1.29 is 4.42 Å². The van der Waals surface area contributed by atoms with Gasteiger partial charge in [-0.25, -0.2) is 0 Å². The van der Waals surface area contributed by atoms with Crippen molar-refractivity contribution in [3.8, 4) is 16.8 Å². The van der Waals surface area contributed by atoms with Crippen molar-refractivity contribution in [2.75, 3.05) is 4.90 Å². The van der Waals surface area contributed by atoms with E-state index < -0.39 is 0 Å². The van der Waals surface area contributed by atoms with Crippen LogP contribution < -0.4 is 4.90 Å². The molecule has 11 aromatic rings. The molecule has 0 amide bonds. The summed E-state index contributed by atoms with van der Waals surface area (Å²) >= 11 is 0. The van der Waals surface area contributed by atoms with Crippen molar-refractivity contribution in [3.05, 3.63) is 194 Å². The van der Waals surface area contributed by atoms with Gasteiger partial charge < -0.3 is 13.9 Å². The van der Waals surface area contributed by atoms with Gasteiger partial charge in [-0.2, -0.15) is 0 Å². The smallest absolute Gasteiger partial charge is 0.143 e. The molecule has 0 N–H and O–H groups in total. The zero-order valence-corrected chi connectivity index (χ0v) is 28.8. The van der Waals surface area contributed by atoms with Gasteiger partial charge in [-0.15, -0.1) is 0 Å². The van der Waals surface area contributed by atoms with Crippen molar-refractivity contribution in [2.45, 2.75) is 0 Å². The van der Waals surface area contributed by atoms with Crippen LogP contribution in [0.1, 0.15) is 0 Å². The molecule has 0 aliphatic rings. The Kier molecular flexibility index (Phi) is 6.55. The Morgan fingerprint density at radius 1 is 0.396 bits per heavy atom. The lowest BCUT2D eigenvalue weighted by Crippen LogP contribution is -2.10. The van der Waals surface area contributed by atoms with Crippen LogP contribution in [0.25, 0.3) is 82.1 Å². The molecule has 2 heterocycles. The molecule has 9 aromatic carbocycles. The largest absolute Gasteiger partial charge is 0.455 e. The molecule has 2 aromatic heterocycles. The number of hydrogen-bond acceptors (Lipinski definition) is 2. The van der Waals surface area contributed by atoms with Gasteiger partial charge in [0, 0.05) is 49.4 Å². The van der Waals surface area contributed by atoms with Crippen molar-refractivity contribution in [1.82, 2.24) is 4.57 Å². The summed E-state index contributed by atoms with van der Waals surface area (Å²) in [5.74, 6) is 0. The highest BCUT2D eigenvalue weighted by Crippen LogP contribution is 2.43. The van der Waals surface area contributed by atoms with Gasteiger partial charge in [-0.05, 0) is 88.6 Å². The van der Waals surface area contributed by atoms with Crippen LogP contribution in [0.15, 0.2) is 199 Å². The van der Waals surface area contributed by atoms with Gasteiger partial charge in [0.2, 0.25) is 0 Å². The SMILES string of the molecule is c1ccc2c(N(c3ccc(-c4cccc5oc6c7ccccc7ccc6c45)cc3)c3ccc(-n4c5ccccc5c5ccccc54)cc3)cccc2c1. The Morgan fingerprint density at radius 2 is 0.962 bits per heavy atom. The van der Waals surface area contributed by atoms with Crippen LogP contribution in [0.2, 0.25) is 0 Å². The predicted molar refractivity (Wildman–Crippen MR) is 223 cm³/mol. The molecule has 11 rings (SSSR count). The third-order valence-electron chi connectivity index (χ3n) is 10.8. The lowest BCUT2D eigenvalue weighted by Gasteiger charge is -2.27. The first-order chi connectivity index (χ1) is 26.3. The van der Waals surface area contributed by atoms with Crippen molar-refractivity contribution >= 4 is 82.4 Å². The summed E-state index contributed by atoms with van der Waals surface area (Å²) in [5.41, 5.74) is 11.0. The number of para-hydroxylation sites is 2. The fourth-order valence-corrected chi connectivity index (χ4v) is 8.37. The van der Waals surface area contributed by atoms with E-state index in [1.54, 1.807) is 0 Å². The van der Waals surface area contributed by atoms with E-state index in [0.717, 1.165) is 61.2 Å². The summed E-state index contributed by atoms with van der Waals surface area (Å²) in [6.45, 7) is 0. The monoisotopic (exact) mass is 676 g/mol. The second-order valence-corrected chi connectivity index (χ2v) is 13.7. The van der Waals surface area contributed by atoms with Gasteiger partial charge in [-0.3, -0.25) is 0 Å². The first-order valence-electron chi connectivity index (χ1n) is 18.1. The highest BCUT2D eigenvalue weighted by Gasteiger charge is 2.19. The molecule has 0 radical (unpaired) electrons. The Morgan fingerprint density at radius 3 is 1.68 bits per heavy atom. The number of aromatic nitrogens is 1. The van der Waals surface area contributed by atoms with Gasteiger partial charge in [0.25, 0.3) is 0 Å². The lowest BCUT2D eigenvalue weighted by molar-refractivity contribution is 0.673. The molecule has 0 unspecified atom stereocenters. The second kappa shape index (κ2) is 11.7. The number of benzene rings is 9. The van der Waals surface area contributed by atoms with Gasteiger partial charge in [0.1, 0.15) is 11.2 Å². The highest BCUT2D eigenvalue weighted by molar-refractivity contribution is 6.19. The van der Waals surface area contributed by atoms with Gasteiger partial charge in [0.15, 0.2) is 0 Å². The summed E-state index contributed by atoms with van der Waals surface area (Å²) in [4.78, 5) is 2.38. The fourth-order valence-electron chi connectivity index (χ4n) is 8.37. The first-order valence-corrected chi connectivity index (χ1v) is 18.1. The zero-order valence-electron chi connectivity index (χ0n) is 28.8. The van der Waals surface area contributed by atoms with Crippen molar-refractivity contribution in [2.24, 2.45) is 0 Å². The molecule has 3 heteroatoms. The molecule has 3 nitrogen and oxygen atoms in total. The molecule has 248 valence electrons. The normalized spacial score (nSPS) is 11.8. The van der Waals surface area contributed by atoms with Crippen LogP contribution >= 0.6 is 0 Å². The number of rotatable bonds is 5. The summed E-state index contributed by atoms with van der Waals surface area (Å²) < 4.78 is 8.89. The maximum Gasteiger partial charge on any atom is 0.143 e. The van der Waals surface area contributed by atoms with Crippen LogP contribution in [-0.2, 0) is 0 Å². The zero-order chi connectivity index (χ0) is 34.9. The van der Waals surface area contributed by atoms with Crippen LogP contribution in [0, 0.1) is 0 Å². The topological polar surface area (TPSA) is 21.3 Å². The van der Waals surface area contributed by atoms with Crippen LogP contribution in [0.4, 0.5) is 17.1 Å². The van der Waals surface area contributed by atoms with Crippen molar-refractivity contribution in [3.63, 3.8) is 0 Å². The summed E-state index contributed by atoms with van der Waals surface area (Å²) in [5, 5.41) is 9.53. The van der Waals surface area contributed by atoms with Gasteiger partial charge in [0.05, 0.1) is 16.7 Å². The quantitative estimate of drug-likeness (QED) is 0.181. The van der Waals surface area contributed by atoms with E-state index >= 15 is 0 Å². The van der Waals surface area contributed by atoms with E-state index in [-0.39, 0.29) is 0 Å². The van der Waals surface area contributed by atoms with E-state index in [0.29, 0.717) is 0 Å². The van der Waals surface area contributed by atoms with E-state index in [1.165, 1.54) is 38.0 Å². The summed E-state index contributed by atoms with van der Waals surface area (Å²) in [6, 6.07) is 69.7. The minimum atomic E-state index is 0.902. The molecule has 0 spiro atoms.